The van der Waals surface area contributed by atoms with Gasteiger partial charge in [0.15, 0.2) is 16.6 Å². The highest BCUT2D eigenvalue weighted by Gasteiger charge is 2.19. The molecule has 0 aromatic rings. The summed E-state index contributed by atoms with van der Waals surface area (Å²) in [4.78, 5) is 10.6. The van der Waals surface area contributed by atoms with Crippen molar-refractivity contribution >= 4 is 33.1 Å². The number of carbonyl (C=O) groups is 1. The first-order chi connectivity index (χ1) is 8.58. The molecule has 0 fully saturated rings. The Bertz CT molecular complexity index is 262. The number of esters is 1. The number of carbonyl (C=O) groups excluding carboxylic acids is 1. The molecule has 0 spiro atoms. The molecule has 0 aromatic heterocycles. The lowest BCUT2D eigenvalue weighted by Gasteiger charge is -2.19. The van der Waals surface area contributed by atoms with Crippen LogP contribution in [0.2, 0.25) is 38.8 Å². The fourth-order valence-corrected chi connectivity index (χ4v) is 2.03. The first-order valence-corrected chi connectivity index (χ1v) is 13.8. The molecule has 0 radical (unpaired) electrons. The first kappa shape index (κ1) is 21.1. The van der Waals surface area contributed by atoms with E-state index in [0.29, 0.717) is 6.61 Å². The maximum Gasteiger partial charge on any atom is 0.330 e. The Morgan fingerprint density at radius 1 is 1.26 bits per heavy atom. The first-order valence-electron chi connectivity index (χ1n) is 6.47. The fraction of sp³-hybridized carbons (Fsp3) is 0.750. The Balaban J connectivity index is 0. The van der Waals surface area contributed by atoms with Gasteiger partial charge in [-0.05, 0) is 45.2 Å². The predicted molar refractivity (Wildman–Crippen MR) is 89.4 cm³/mol. The van der Waals surface area contributed by atoms with E-state index in [9.17, 15) is 4.79 Å². The minimum absolute atomic E-state index is 0.350. The van der Waals surface area contributed by atoms with Gasteiger partial charge < -0.3 is 13.3 Å². The molecule has 0 bridgehead atoms. The van der Waals surface area contributed by atoms with Crippen LogP contribution in [0, 0.1) is 0 Å². The van der Waals surface area contributed by atoms with Crippen molar-refractivity contribution in [2.75, 3.05) is 13.7 Å². The van der Waals surface area contributed by atoms with Crippen molar-refractivity contribution in [1.82, 2.24) is 0 Å². The van der Waals surface area contributed by atoms with Gasteiger partial charge in [-0.15, -0.1) is 0 Å². The van der Waals surface area contributed by atoms with Crippen molar-refractivity contribution in [1.29, 1.82) is 0 Å². The summed E-state index contributed by atoms with van der Waals surface area (Å²) in [5.74, 6) is -0.350. The van der Waals surface area contributed by atoms with Gasteiger partial charge in [0.25, 0.3) is 0 Å². The summed E-state index contributed by atoms with van der Waals surface area (Å²) in [6.45, 7) is 14.6. The van der Waals surface area contributed by atoms with Crippen LogP contribution >= 0.6 is 0 Å². The summed E-state index contributed by atoms with van der Waals surface area (Å²) in [5, 5.41) is 0. The Morgan fingerprint density at radius 3 is 2.05 bits per heavy atom. The second-order valence-electron chi connectivity index (χ2n) is 5.76. The molecule has 0 atom stereocenters. The topological polar surface area (TPSA) is 44.8 Å². The van der Waals surface area contributed by atoms with Crippen LogP contribution in [0.15, 0.2) is 12.7 Å². The molecule has 19 heavy (non-hydrogen) atoms. The summed E-state index contributed by atoms with van der Waals surface area (Å²) in [6, 6.07) is 1.01. The minimum Gasteiger partial charge on any atom is -0.464 e. The molecule has 114 valence electrons. The predicted octanol–water partition coefficient (Wildman–Crippen LogP) is 2.08. The molecule has 0 aromatic carbocycles. The number of hydrogen-bond donors (Lipinski definition) is 0. The summed E-state index contributed by atoms with van der Waals surface area (Å²) in [5.41, 5.74) is 0. The van der Waals surface area contributed by atoms with Crippen LogP contribution in [0.25, 0.3) is 0 Å². The van der Waals surface area contributed by atoms with Gasteiger partial charge in [0, 0.05) is 13.2 Å². The van der Waals surface area contributed by atoms with Crippen LogP contribution in [0.1, 0.15) is 6.42 Å². The molecule has 0 N–H and O–H groups in total. The molecule has 0 heterocycles. The van der Waals surface area contributed by atoms with Gasteiger partial charge in [0.2, 0.25) is 0 Å². The zero-order chi connectivity index (χ0) is 15.5. The fourth-order valence-electron chi connectivity index (χ4n) is 0.832. The minimum atomic E-state index is -1.48. The molecule has 0 aliphatic carbocycles. The highest BCUT2D eigenvalue weighted by molar-refractivity contribution is 6.72. The summed E-state index contributed by atoms with van der Waals surface area (Å²) in [6.07, 6.45) is 2.05. The highest BCUT2D eigenvalue weighted by Crippen LogP contribution is 2.11. The normalized spacial score (nSPS) is 11.5. The lowest BCUT2D eigenvalue weighted by molar-refractivity contribution is -0.137. The summed E-state index contributed by atoms with van der Waals surface area (Å²) < 4.78 is 15.4. The third-order valence-electron chi connectivity index (χ3n) is 2.50. The van der Waals surface area contributed by atoms with Crippen molar-refractivity contribution in [3.8, 4) is 0 Å². The second kappa shape index (κ2) is 10.6. The largest absolute Gasteiger partial charge is 0.464 e. The van der Waals surface area contributed by atoms with E-state index in [1.165, 1.54) is 6.08 Å². The quantitative estimate of drug-likeness (QED) is 0.311. The molecular weight excluding hydrogens is 292 g/mol. The van der Waals surface area contributed by atoms with Crippen molar-refractivity contribution in [2.45, 2.75) is 45.2 Å². The second-order valence-corrected chi connectivity index (χ2v) is 16.0. The third kappa shape index (κ3) is 17.8. The maximum absolute atomic E-state index is 10.6. The van der Waals surface area contributed by atoms with E-state index in [-0.39, 0.29) is 5.97 Å². The zero-order valence-corrected chi connectivity index (χ0v) is 17.5. The molecule has 0 aliphatic heterocycles. The molecule has 0 saturated heterocycles. The SMILES string of the molecule is C=CC(=O)OCCC[Si](C)(C)OC.C[Si](C)(C)O[SiH3]. The zero-order valence-electron chi connectivity index (χ0n) is 13.5. The lowest BCUT2D eigenvalue weighted by atomic mass is 10.5. The number of hydrogen-bond acceptors (Lipinski definition) is 4. The molecular formula is C12H30O4Si3. The van der Waals surface area contributed by atoms with Crippen LogP contribution in [-0.2, 0) is 18.1 Å². The number of ether oxygens (including phenoxy) is 1. The van der Waals surface area contributed by atoms with Crippen molar-refractivity contribution in [2.24, 2.45) is 0 Å². The van der Waals surface area contributed by atoms with Crippen molar-refractivity contribution in [3.05, 3.63) is 12.7 Å². The van der Waals surface area contributed by atoms with E-state index in [2.05, 4.69) is 39.3 Å². The smallest absolute Gasteiger partial charge is 0.330 e. The molecule has 7 heteroatoms. The maximum atomic E-state index is 10.6. The van der Waals surface area contributed by atoms with Gasteiger partial charge in [-0.1, -0.05) is 6.58 Å². The summed E-state index contributed by atoms with van der Waals surface area (Å²) >= 11 is 0. The van der Waals surface area contributed by atoms with Gasteiger partial charge in [0.1, 0.15) is 10.5 Å². The monoisotopic (exact) mass is 322 g/mol. The number of rotatable bonds is 7. The highest BCUT2D eigenvalue weighted by atomic mass is 28.4. The standard InChI is InChI=1S/C9H18O3Si.C3H12OSi2/c1-5-9(10)12-7-6-8-13(3,4)11-2;1-6(2,3)4-5/h5H,1,6-8H2,2-4H3;1-3,5H3. The van der Waals surface area contributed by atoms with Crippen LogP contribution in [0.4, 0.5) is 0 Å². The molecule has 4 nitrogen and oxygen atoms in total. The molecule has 0 saturated carbocycles. The molecule has 0 unspecified atom stereocenters. The van der Waals surface area contributed by atoms with Crippen LogP contribution in [0.5, 0.6) is 0 Å². The van der Waals surface area contributed by atoms with Crippen LogP contribution < -0.4 is 0 Å². The Hall–Kier alpha value is -0.219. The Kier molecular flexibility index (Phi) is 11.7. The lowest BCUT2D eigenvalue weighted by Crippen LogP contribution is -2.28. The van der Waals surface area contributed by atoms with E-state index in [1.807, 2.05) is 0 Å². The van der Waals surface area contributed by atoms with E-state index in [0.717, 1.165) is 23.0 Å². The Labute approximate surface area is 123 Å². The van der Waals surface area contributed by atoms with E-state index in [4.69, 9.17) is 13.3 Å². The van der Waals surface area contributed by atoms with Crippen molar-refractivity contribution in [3.63, 3.8) is 0 Å². The van der Waals surface area contributed by atoms with Crippen LogP contribution in [-0.4, -0.2) is 46.8 Å². The van der Waals surface area contributed by atoms with Gasteiger partial charge >= 0.3 is 5.97 Å². The van der Waals surface area contributed by atoms with Gasteiger partial charge in [-0.25, -0.2) is 4.79 Å². The molecule has 0 rings (SSSR count). The third-order valence-corrected chi connectivity index (χ3v) is 10.1. The van der Waals surface area contributed by atoms with E-state index in [1.54, 1.807) is 7.11 Å². The van der Waals surface area contributed by atoms with Gasteiger partial charge in [-0.2, -0.15) is 0 Å². The Morgan fingerprint density at radius 2 is 1.74 bits per heavy atom. The average Bonchev–Trinajstić information content (AvgIpc) is 2.34. The van der Waals surface area contributed by atoms with E-state index < -0.39 is 16.6 Å². The summed E-state index contributed by atoms with van der Waals surface area (Å²) in [7, 11) is 0.102. The van der Waals surface area contributed by atoms with Gasteiger partial charge in [0.05, 0.1) is 6.61 Å². The van der Waals surface area contributed by atoms with Crippen molar-refractivity contribution < 1.29 is 18.1 Å². The molecule has 0 aliphatic rings. The van der Waals surface area contributed by atoms with E-state index >= 15 is 0 Å². The van der Waals surface area contributed by atoms with Gasteiger partial charge in [-0.3, -0.25) is 0 Å². The average molecular weight is 323 g/mol. The molecule has 0 amide bonds. The van der Waals surface area contributed by atoms with Crippen LogP contribution in [0.3, 0.4) is 0 Å².